The lowest BCUT2D eigenvalue weighted by Gasteiger charge is -2.06. The maximum Gasteiger partial charge on any atom is 0.125 e. The third-order valence-electron chi connectivity index (χ3n) is 2.47. The minimum atomic E-state index is -0.563. The summed E-state index contributed by atoms with van der Waals surface area (Å²) in [7, 11) is 1.63. The van der Waals surface area contributed by atoms with Gasteiger partial charge in [-0.2, -0.15) is 0 Å². The molecule has 1 atom stereocenters. The molecular formula is C11H12Cl2O2. The summed E-state index contributed by atoms with van der Waals surface area (Å²) in [4.78, 5) is 0. The lowest BCUT2D eigenvalue weighted by molar-refractivity contribution is 0.298. The van der Waals surface area contributed by atoms with Crippen molar-refractivity contribution in [2.75, 3.05) is 13.7 Å². The summed E-state index contributed by atoms with van der Waals surface area (Å²) in [6, 6.07) is 7.45. The highest BCUT2D eigenvalue weighted by Crippen LogP contribution is 2.53. The summed E-state index contributed by atoms with van der Waals surface area (Å²) in [5.41, 5.74) is 0. The molecule has 0 spiro atoms. The minimum absolute atomic E-state index is 0.253. The zero-order chi connectivity index (χ0) is 10.9. The highest BCUT2D eigenvalue weighted by atomic mass is 35.5. The van der Waals surface area contributed by atoms with E-state index in [-0.39, 0.29) is 5.92 Å². The van der Waals surface area contributed by atoms with Crippen LogP contribution in [0.4, 0.5) is 0 Å². The van der Waals surface area contributed by atoms with Gasteiger partial charge in [-0.3, -0.25) is 0 Å². The molecule has 1 aliphatic rings. The van der Waals surface area contributed by atoms with Gasteiger partial charge in [0.25, 0.3) is 0 Å². The van der Waals surface area contributed by atoms with Gasteiger partial charge in [-0.05, 0) is 30.7 Å². The van der Waals surface area contributed by atoms with Crippen LogP contribution >= 0.6 is 23.2 Å². The van der Waals surface area contributed by atoms with Gasteiger partial charge in [0.15, 0.2) is 0 Å². The Hall–Kier alpha value is -0.600. The van der Waals surface area contributed by atoms with Crippen molar-refractivity contribution in [3.8, 4) is 11.5 Å². The summed E-state index contributed by atoms with van der Waals surface area (Å²) in [5.74, 6) is 1.88. The number of hydrogen-bond acceptors (Lipinski definition) is 2. The molecule has 0 aromatic heterocycles. The van der Waals surface area contributed by atoms with Gasteiger partial charge in [0, 0.05) is 5.92 Å². The van der Waals surface area contributed by atoms with Crippen LogP contribution in [-0.4, -0.2) is 18.1 Å². The fourth-order valence-electron chi connectivity index (χ4n) is 1.32. The average Bonchev–Trinajstić information content (AvgIpc) is 2.84. The van der Waals surface area contributed by atoms with Crippen LogP contribution in [-0.2, 0) is 0 Å². The molecule has 1 aliphatic carbocycles. The highest BCUT2D eigenvalue weighted by Gasteiger charge is 2.52. The number of ether oxygens (including phenoxy) is 2. The van der Waals surface area contributed by atoms with E-state index in [2.05, 4.69) is 0 Å². The molecule has 1 fully saturated rings. The van der Waals surface area contributed by atoms with E-state index < -0.39 is 4.33 Å². The van der Waals surface area contributed by atoms with Crippen LogP contribution in [0.5, 0.6) is 11.5 Å². The molecule has 82 valence electrons. The van der Waals surface area contributed by atoms with E-state index in [0.717, 1.165) is 17.9 Å². The Bertz CT molecular complexity index is 335. The predicted molar refractivity (Wildman–Crippen MR) is 61.0 cm³/mol. The summed E-state index contributed by atoms with van der Waals surface area (Å²) in [5, 5.41) is 0. The first-order valence-electron chi connectivity index (χ1n) is 4.76. The summed E-state index contributed by atoms with van der Waals surface area (Å²) in [6.07, 6.45) is 0.812. The van der Waals surface area contributed by atoms with Crippen LogP contribution in [0.25, 0.3) is 0 Å². The Balaban J connectivity index is 1.84. The monoisotopic (exact) mass is 246 g/mol. The van der Waals surface area contributed by atoms with Gasteiger partial charge in [0.05, 0.1) is 13.7 Å². The van der Waals surface area contributed by atoms with Crippen molar-refractivity contribution >= 4 is 23.2 Å². The molecule has 0 saturated heterocycles. The quantitative estimate of drug-likeness (QED) is 0.760. The zero-order valence-electron chi connectivity index (χ0n) is 8.37. The average molecular weight is 247 g/mol. The Morgan fingerprint density at radius 3 is 2.27 bits per heavy atom. The van der Waals surface area contributed by atoms with Crippen molar-refractivity contribution < 1.29 is 9.47 Å². The van der Waals surface area contributed by atoms with Crippen molar-refractivity contribution in [3.63, 3.8) is 0 Å². The van der Waals surface area contributed by atoms with Gasteiger partial charge in [0.2, 0.25) is 0 Å². The first kappa shape index (κ1) is 10.9. The normalized spacial score (nSPS) is 22.2. The molecule has 0 bridgehead atoms. The molecule has 4 heteroatoms. The van der Waals surface area contributed by atoms with Gasteiger partial charge in [-0.1, -0.05) is 0 Å². The molecule has 0 heterocycles. The van der Waals surface area contributed by atoms with Crippen LogP contribution < -0.4 is 9.47 Å². The van der Waals surface area contributed by atoms with Crippen LogP contribution in [0.15, 0.2) is 24.3 Å². The summed E-state index contributed by atoms with van der Waals surface area (Å²) < 4.78 is 10.0. The summed E-state index contributed by atoms with van der Waals surface area (Å²) >= 11 is 11.8. The van der Waals surface area contributed by atoms with E-state index in [1.54, 1.807) is 7.11 Å². The number of hydrogen-bond donors (Lipinski definition) is 0. The lowest BCUT2D eigenvalue weighted by atomic mass is 10.3. The summed E-state index contributed by atoms with van der Waals surface area (Å²) in [6.45, 7) is 0.569. The van der Waals surface area contributed by atoms with Crippen molar-refractivity contribution in [3.05, 3.63) is 24.3 Å². The first-order valence-corrected chi connectivity index (χ1v) is 5.52. The molecule has 0 aliphatic heterocycles. The Morgan fingerprint density at radius 2 is 1.80 bits per heavy atom. The second-order valence-electron chi connectivity index (χ2n) is 3.65. The lowest BCUT2D eigenvalue weighted by Crippen LogP contribution is -2.04. The molecule has 1 unspecified atom stereocenters. The van der Waals surface area contributed by atoms with Gasteiger partial charge in [-0.15, -0.1) is 23.2 Å². The van der Waals surface area contributed by atoms with Crippen molar-refractivity contribution in [2.45, 2.75) is 10.8 Å². The molecule has 2 nitrogen and oxygen atoms in total. The van der Waals surface area contributed by atoms with Gasteiger partial charge in [0.1, 0.15) is 15.8 Å². The van der Waals surface area contributed by atoms with Crippen molar-refractivity contribution in [2.24, 2.45) is 5.92 Å². The molecule has 15 heavy (non-hydrogen) atoms. The topological polar surface area (TPSA) is 18.5 Å². The molecule has 1 aromatic carbocycles. The molecule has 2 rings (SSSR count). The van der Waals surface area contributed by atoms with E-state index in [0.29, 0.717) is 6.61 Å². The third-order valence-corrected chi connectivity index (χ3v) is 3.39. The predicted octanol–water partition coefficient (Wildman–Crippen LogP) is 3.27. The van der Waals surface area contributed by atoms with E-state index >= 15 is 0 Å². The number of methoxy groups -OCH3 is 1. The zero-order valence-corrected chi connectivity index (χ0v) is 9.89. The minimum Gasteiger partial charge on any atom is -0.497 e. The second-order valence-corrected chi connectivity index (χ2v) is 5.19. The maximum atomic E-state index is 5.89. The molecule has 0 N–H and O–H groups in total. The van der Waals surface area contributed by atoms with Crippen LogP contribution in [0.3, 0.4) is 0 Å². The fraction of sp³-hybridized carbons (Fsp3) is 0.455. The Morgan fingerprint density at radius 1 is 1.27 bits per heavy atom. The first-order chi connectivity index (χ1) is 7.12. The maximum absolute atomic E-state index is 5.89. The van der Waals surface area contributed by atoms with Gasteiger partial charge in [-0.25, -0.2) is 0 Å². The number of benzene rings is 1. The smallest absolute Gasteiger partial charge is 0.125 e. The standard InChI is InChI=1S/C11H12Cl2O2/c1-14-9-2-4-10(5-3-9)15-7-8-6-11(8,12)13/h2-5,8H,6-7H2,1H3. The van der Waals surface area contributed by atoms with E-state index in [4.69, 9.17) is 32.7 Å². The van der Waals surface area contributed by atoms with Gasteiger partial charge >= 0.3 is 0 Å². The number of rotatable bonds is 4. The number of halogens is 2. The fourth-order valence-corrected chi connectivity index (χ4v) is 1.82. The molecular weight excluding hydrogens is 235 g/mol. The van der Waals surface area contributed by atoms with E-state index in [9.17, 15) is 0 Å². The Kier molecular flexibility index (Phi) is 2.98. The largest absolute Gasteiger partial charge is 0.497 e. The second kappa shape index (κ2) is 4.11. The molecule has 1 saturated carbocycles. The SMILES string of the molecule is COc1ccc(OCC2CC2(Cl)Cl)cc1. The van der Waals surface area contributed by atoms with E-state index in [1.165, 1.54) is 0 Å². The molecule has 0 amide bonds. The van der Waals surface area contributed by atoms with E-state index in [1.807, 2.05) is 24.3 Å². The van der Waals surface area contributed by atoms with Crippen LogP contribution in [0.1, 0.15) is 6.42 Å². The Labute approximate surface area is 99.1 Å². The van der Waals surface area contributed by atoms with Crippen LogP contribution in [0, 0.1) is 5.92 Å². The molecule has 0 radical (unpaired) electrons. The number of alkyl halides is 2. The van der Waals surface area contributed by atoms with Crippen molar-refractivity contribution in [1.82, 2.24) is 0 Å². The molecule has 1 aromatic rings. The highest BCUT2D eigenvalue weighted by molar-refractivity contribution is 6.50. The third kappa shape index (κ3) is 2.70. The van der Waals surface area contributed by atoms with Gasteiger partial charge < -0.3 is 9.47 Å². The van der Waals surface area contributed by atoms with Crippen molar-refractivity contribution in [1.29, 1.82) is 0 Å². The van der Waals surface area contributed by atoms with Crippen LogP contribution in [0.2, 0.25) is 0 Å².